The molecule has 4 nitrogen and oxygen atoms in total. The molecule has 4 heteroatoms. The highest BCUT2D eigenvalue weighted by Gasteiger charge is 2.16. The zero-order valence-electron chi connectivity index (χ0n) is 11.3. The zero-order chi connectivity index (χ0) is 13.7. The van der Waals surface area contributed by atoms with Crippen molar-refractivity contribution in [2.75, 3.05) is 26.2 Å². The first-order valence-corrected chi connectivity index (χ1v) is 6.84. The smallest absolute Gasteiger partial charge is 0.339 e. The largest absolute Gasteiger partial charge is 0.491 e. The average Bonchev–Trinajstić information content (AvgIpc) is 2.41. The molecule has 1 N–H and O–H groups in total. The summed E-state index contributed by atoms with van der Waals surface area (Å²) in [5.74, 6) is 0.340. The third kappa shape index (κ3) is 3.96. The topological polar surface area (TPSA) is 49.8 Å². The number of likely N-dealkylation sites (tertiary alicyclic amines) is 1. The van der Waals surface area contributed by atoms with Gasteiger partial charge in [0.15, 0.2) is 0 Å². The molecule has 1 saturated heterocycles. The zero-order valence-corrected chi connectivity index (χ0v) is 11.3. The standard InChI is InChI=1S/C15H21NO3/c1-12-6-8-16(9-7-12)10-11-19-14-5-3-2-4-13(14)15(17)18/h2-5,12H,6-11H2,1H3,(H,17,18). The van der Waals surface area contributed by atoms with Crippen molar-refractivity contribution in [3.63, 3.8) is 0 Å². The molecule has 0 unspecified atom stereocenters. The Bertz CT molecular complexity index is 425. The van der Waals surface area contributed by atoms with Crippen LogP contribution in [0.15, 0.2) is 24.3 Å². The monoisotopic (exact) mass is 263 g/mol. The van der Waals surface area contributed by atoms with Crippen LogP contribution in [-0.2, 0) is 0 Å². The summed E-state index contributed by atoms with van der Waals surface area (Å²) >= 11 is 0. The van der Waals surface area contributed by atoms with Gasteiger partial charge in [-0.1, -0.05) is 19.1 Å². The van der Waals surface area contributed by atoms with Crippen LogP contribution < -0.4 is 4.74 Å². The van der Waals surface area contributed by atoms with Gasteiger partial charge >= 0.3 is 5.97 Å². The normalized spacial score (nSPS) is 17.3. The predicted octanol–water partition coefficient (Wildman–Crippen LogP) is 2.50. The van der Waals surface area contributed by atoms with E-state index in [1.165, 1.54) is 12.8 Å². The number of nitrogens with zero attached hydrogens (tertiary/aromatic N) is 1. The fourth-order valence-electron chi connectivity index (χ4n) is 2.34. The molecule has 0 bridgehead atoms. The first kappa shape index (κ1) is 13.9. The van der Waals surface area contributed by atoms with E-state index in [0.29, 0.717) is 12.4 Å². The second kappa shape index (κ2) is 6.57. The molecule has 1 aliphatic rings. The number of para-hydroxylation sites is 1. The Balaban J connectivity index is 1.81. The van der Waals surface area contributed by atoms with Crippen LogP contribution in [0.25, 0.3) is 0 Å². The summed E-state index contributed by atoms with van der Waals surface area (Å²) < 4.78 is 5.61. The maximum atomic E-state index is 11.0. The fourth-order valence-corrected chi connectivity index (χ4v) is 2.34. The summed E-state index contributed by atoms with van der Waals surface area (Å²) in [4.78, 5) is 13.4. The number of piperidine rings is 1. The first-order valence-electron chi connectivity index (χ1n) is 6.84. The van der Waals surface area contributed by atoms with Crippen LogP contribution in [0, 0.1) is 5.92 Å². The molecule has 0 amide bonds. The van der Waals surface area contributed by atoms with Gasteiger partial charge in [-0.2, -0.15) is 0 Å². The Labute approximate surface area is 114 Å². The van der Waals surface area contributed by atoms with E-state index < -0.39 is 5.97 Å². The Hall–Kier alpha value is -1.55. The Morgan fingerprint density at radius 3 is 2.74 bits per heavy atom. The first-order chi connectivity index (χ1) is 9.16. The van der Waals surface area contributed by atoms with Crippen molar-refractivity contribution in [1.82, 2.24) is 4.90 Å². The Morgan fingerprint density at radius 2 is 2.05 bits per heavy atom. The second-order valence-electron chi connectivity index (χ2n) is 5.17. The lowest BCUT2D eigenvalue weighted by Gasteiger charge is -2.29. The van der Waals surface area contributed by atoms with Crippen molar-refractivity contribution in [2.45, 2.75) is 19.8 Å². The van der Waals surface area contributed by atoms with Crippen molar-refractivity contribution >= 4 is 5.97 Å². The van der Waals surface area contributed by atoms with E-state index in [1.54, 1.807) is 24.3 Å². The molecule has 1 fully saturated rings. The van der Waals surface area contributed by atoms with Crippen LogP contribution in [0.4, 0.5) is 0 Å². The lowest BCUT2D eigenvalue weighted by molar-refractivity contribution is 0.0691. The Morgan fingerprint density at radius 1 is 1.37 bits per heavy atom. The van der Waals surface area contributed by atoms with E-state index >= 15 is 0 Å². The highest BCUT2D eigenvalue weighted by atomic mass is 16.5. The summed E-state index contributed by atoms with van der Waals surface area (Å²) in [5, 5.41) is 9.05. The van der Waals surface area contributed by atoms with Crippen molar-refractivity contribution in [1.29, 1.82) is 0 Å². The lowest BCUT2D eigenvalue weighted by Crippen LogP contribution is -2.35. The lowest BCUT2D eigenvalue weighted by atomic mass is 9.99. The summed E-state index contributed by atoms with van der Waals surface area (Å²) in [5.41, 5.74) is 0.231. The van der Waals surface area contributed by atoms with E-state index in [4.69, 9.17) is 9.84 Å². The molecule has 0 atom stereocenters. The van der Waals surface area contributed by atoms with E-state index in [9.17, 15) is 4.79 Å². The van der Waals surface area contributed by atoms with E-state index in [1.807, 2.05) is 0 Å². The van der Waals surface area contributed by atoms with Crippen LogP contribution in [0.2, 0.25) is 0 Å². The van der Waals surface area contributed by atoms with Crippen molar-refractivity contribution in [3.8, 4) is 5.75 Å². The van der Waals surface area contributed by atoms with Crippen LogP contribution in [-0.4, -0.2) is 42.2 Å². The third-order valence-electron chi connectivity index (χ3n) is 3.66. The van der Waals surface area contributed by atoms with Crippen LogP contribution >= 0.6 is 0 Å². The molecule has 0 saturated carbocycles. The quantitative estimate of drug-likeness (QED) is 0.886. The summed E-state index contributed by atoms with van der Waals surface area (Å²) in [6, 6.07) is 6.79. The number of carboxylic acids is 1. The number of carboxylic acid groups (broad SMARTS) is 1. The van der Waals surface area contributed by atoms with Gasteiger partial charge in [0.05, 0.1) is 0 Å². The number of carbonyl (C=O) groups is 1. The van der Waals surface area contributed by atoms with Gasteiger partial charge in [-0.05, 0) is 44.0 Å². The predicted molar refractivity (Wildman–Crippen MR) is 73.7 cm³/mol. The van der Waals surface area contributed by atoms with E-state index in [2.05, 4.69) is 11.8 Å². The van der Waals surface area contributed by atoms with E-state index in [0.717, 1.165) is 25.6 Å². The molecule has 2 rings (SSSR count). The summed E-state index contributed by atoms with van der Waals surface area (Å²) in [7, 11) is 0. The van der Waals surface area contributed by atoms with Gasteiger partial charge in [-0.25, -0.2) is 4.79 Å². The van der Waals surface area contributed by atoms with E-state index in [-0.39, 0.29) is 5.56 Å². The molecule has 0 aliphatic carbocycles. The van der Waals surface area contributed by atoms with Crippen LogP contribution in [0.3, 0.4) is 0 Å². The van der Waals surface area contributed by atoms with Gasteiger partial charge in [0, 0.05) is 6.54 Å². The van der Waals surface area contributed by atoms with Crippen molar-refractivity contribution in [3.05, 3.63) is 29.8 Å². The summed E-state index contributed by atoms with van der Waals surface area (Å²) in [6.07, 6.45) is 2.48. The van der Waals surface area contributed by atoms with Crippen LogP contribution in [0.1, 0.15) is 30.1 Å². The maximum absolute atomic E-state index is 11.0. The molecule has 1 aromatic rings. The SMILES string of the molecule is CC1CCN(CCOc2ccccc2C(=O)O)CC1. The number of rotatable bonds is 5. The molecule has 1 aromatic carbocycles. The second-order valence-corrected chi connectivity index (χ2v) is 5.17. The minimum Gasteiger partial charge on any atom is -0.491 e. The molecule has 0 spiro atoms. The number of hydrogen-bond acceptors (Lipinski definition) is 3. The molecule has 1 heterocycles. The number of ether oxygens (including phenoxy) is 1. The summed E-state index contributed by atoms with van der Waals surface area (Å²) in [6.45, 7) is 5.92. The highest BCUT2D eigenvalue weighted by molar-refractivity contribution is 5.90. The molecule has 1 aliphatic heterocycles. The number of hydrogen-bond donors (Lipinski definition) is 1. The van der Waals surface area contributed by atoms with Crippen LogP contribution in [0.5, 0.6) is 5.75 Å². The van der Waals surface area contributed by atoms with Gasteiger partial charge < -0.3 is 9.84 Å². The van der Waals surface area contributed by atoms with Gasteiger partial charge in [-0.15, -0.1) is 0 Å². The average molecular weight is 263 g/mol. The molecular weight excluding hydrogens is 242 g/mol. The van der Waals surface area contributed by atoms with Crippen molar-refractivity contribution < 1.29 is 14.6 Å². The number of aromatic carboxylic acids is 1. The minimum absolute atomic E-state index is 0.231. The van der Waals surface area contributed by atoms with Gasteiger partial charge in [0.2, 0.25) is 0 Å². The van der Waals surface area contributed by atoms with Gasteiger partial charge in [0.25, 0.3) is 0 Å². The highest BCUT2D eigenvalue weighted by Crippen LogP contribution is 2.18. The van der Waals surface area contributed by atoms with Crippen molar-refractivity contribution in [2.24, 2.45) is 5.92 Å². The molecule has 0 radical (unpaired) electrons. The number of benzene rings is 1. The molecule has 19 heavy (non-hydrogen) atoms. The van der Waals surface area contributed by atoms with Gasteiger partial charge in [0.1, 0.15) is 17.9 Å². The van der Waals surface area contributed by atoms with Gasteiger partial charge in [-0.3, -0.25) is 4.90 Å². The maximum Gasteiger partial charge on any atom is 0.339 e. The molecular formula is C15H21NO3. The molecule has 104 valence electrons. The fraction of sp³-hybridized carbons (Fsp3) is 0.533. The minimum atomic E-state index is -0.942. The third-order valence-corrected chi connectivity index (χ3v) is 3.66. The Kier molecular flexibility index (Phi) is 4.80. The molecule has 0 aromatic heterocycles.